The van der Waals surface area contributed by atoms with E-state index in [0.29, 0.717) is 19.4 Å². The summed E-state index contributed by atoms with van der Waals surface area (Å²) >= 11 is 0. The van der Waals surface area contributed by atoms with E-state index in [2.05, 4.69) is 11.6 Å². The van der Waals surface area contributed by atoms with Crippen LogP contribution < -0.4 is 14.4 Å². The summed E-state index contributed by atoms with van der Waals surface area (Å²) in [5.74, 6) is 0.777. The smallest absolute Gasteiger partial charge is 0.240 e. The Balaban J connectivity index is 1.55. The van der Waals surface area contributed by atoms with Crippen LogP contribution in [0.5, 0.6) is 5.75 Å². The number of hydrogen-bond donors (Lipinski definition) is 1. The molecule has 0 saturated carbocycles. The first-order chi connectivity index (χ1) is 13.9. The molecule has 0 fully saturated rings. The minimum absolute atomic E-state index is 0.0531. The topological polar surface area (TPSA) is 75.7 Å². The van der Waals surface area contributed by atoms with Crippen molar-refractivity contribution in [3.05, 3.63) is 53.6 Å². The van der Waals surface area contributed by atoms with Gasteiger partial charge in [-0.2, -0.15) is 0 Å². The van der Waals surface area contributed by atoms with Crippen LogP contribution in [-0.2, 0) is 27.7 Å². The van der Waals surface area contributed by atoms with Crippen LogP contribution in [0.1, 0.15) is 37.8 Å². The Kier molecular flexibility index (Phi) is 6.92. The highest BCUT2D eigenvalue weighted by Gasteiger charge is 2.25. The maximum Gasteiger partial charge on any atom is 0.240 e. The van der Waals surface area contributed by atoms with Crippen molar-refractivity contribution in [3.63, 3.8) is 0 Å². The van der Waals surface area contributed by atoms with Gasteiger partial charge in [0.1, 0.15) is 12.4 Å². The van der Waals surface area contributed by atoms with Crippen LogP contribution in [0, 0.1) is 0 Å². The molecule has 2 aromatic carbocycles. The Morgan fingerprint density at radius 1 is 1.14 bits per heavy atom. The van der Waals surface area contributed by atoms with E-state index in [-0.39, 0.29) is 24.0 Å². The molecule has 0 aromatic heterocycles. The van der Waals surface area contributed by atoms with E-state index in [4.69, 9.17) is 4.74 Å². The minimum atomic E-state index is -3.63. The zero-order valence-corrected chi connectivity index (χ0v) is 17.8. The standard InChI is InChI=1S/C22H28N2O4S/c1-3-5-17-6-8-19(9-7-17)28-15-13-23-29(26,27)20-10-11-21-18(16-20)12-14-24(21)22(25)4-2/h6-11,16,23H,3-5,12-15H2,1-2H3. The number of rotatable bonds is 9. The van der Waals surface area contributed by atoms with Gasteiger partial charge in [0.25, 0.3) is 0 Å². The summed E-state index contributed by atoms with van der Waals surface area (Å²) in [5, 5.41) is 0. The molecule has 0 unspecified atom stereocenters. The van der Waals surface area contributed by atoms with Crippen LogP contribution in [-0.4, -0.2) is 34.0 Å². The lowest BCUT2D eigenvalue weighted by molar-refractivity contribution is -0.118. The van der Waals surface area contributed by atoms with Crippen molar-refractivity contribution in [1.29, 1.82) is 0 Å². The molecular formula is C22H28N2O4S. The van der Waals surface area contributed by atoms with Gasteiger partial charge in [0.2, 0.25) is 15.9 Å². The molecule has 0 spiro atoms. The van der Waals surface area contributed by atoms with Crippen molar-refractivity contribution in [2.45, 2.75) is 44.4 Å². The molecule has 0 radical (unpaired) electrons. The van der Waals surface area contributed by atoms with E-state index < -0.39 is 10.0 Å². The third-order valence-corrected chi connectivity index (χ3v) is 6.44. The van der Waals surface area contributed by atoms with Gasteiger partial charge in [-0.15, -0.1) is 0 Å². The summed E-state index contributed by atoms with van der Waals surface area (Å²) in [6.07, 6.45) is 3.23. The molecule has 0 aliphatic carbocycles. The summed E-state index contributed by atoms with van der Waals surface area (Å²) in [5.41, 5.74) is 2.96. The van der Waals surface area contributed by atoms with Crippen LogP contribution in [0.25, 0.3) is 0 Å². The molecule has 0 atom stereocenters. The summed E-state index contributed by atoms with van der Waals surface area (Å²) in [4.78, 5) is 13.9. The number of carbonyl (C=O) groups excluding carboxylic acids is 1. The first kappa shape index (κ1) is 21.3. The van der Waals surface area contributed by atoms with Crippen LogP contribution in [0.2, 0.25) is 0 Å². The van der Waals surface area contributed by atoms with Gasteiger partial charge in [0.15, 0.2) is 0 Å². The Morgan fingerprint density at radius 2 is 1.90 bits per heavy atom. The zero-order valence-electron chi connectivity index (χ0n) is 17.0. The molecule has 1 aliphatic heterocycles. The van der Waals surface area contributed by atoms with Crippen LogP contribution in [0.3, 0.4) is 0 Å². The number of benzene rings is 2. The number of amides is 1. The highest BCUT2D eigenvalue weighted by molar-refractivity contribution is 7.89. The normalized spacial score (nSPS) is 13.4. The fraction of sp³-hybridized carbons (Fsp3) is 0.409. The van der Waals surface area contributed by atoms with Crippen molar-refractivity contribution in [3.8, 4) is 5.75 Å². The van der Waals surface area contributed by atoms with Crippen molar-refractivity contribution in [2.75, 3.05) is 24.6 Å². The second-order valence-corrected chi connectivity index (χ2v) is 8.85. The predicted octanol–water partition coefficient (Wildman–Crippen LogP) is 3.30. The number of carbonyl (C=O) groups is 1. The Labute approximate surface area is 172 Å². The van der Waals surface area contributed by atoms with Crippen LogP contribution >= 0.6 is 0 Å². The molecular weight excluding hydrogens is 388 g/mol. The molecule has 0 bridgehead atoms. The average Bonchev–Trinajstić information content (AvgIpc) is 3.15. The summed E-state index contributed by atoms with van der Waals surface area (Å²) < 4.78 is 33.4. The lowest BCUT2D eigenvalue weighted by Gasteiger charge is -2.16. The van der Waals surface area contributed by atoms with E-state index in [9.17, 15) is 13.2 Å². The van der Waals surface area contributed by atoms with Crippen LogP contribution in [0.4, 0.5) is 5.69 Å². The fourth-order valence-corrected chi connectivity index (χ4v) is 4.53. The van der Waals surface area contributed by atoms with E-state index in [0.717, 1.165) is 29.8 Å². The van der Waals surface area contributed by atoms with E-state index in [1.54, 1.807) is 23.1 Å². The molecule has 1 amide bonds. The van der Waals surface area contributed by atoms with E-state index >= 15 is 0 Å². The molecule has 7 heteroatoms. The zero-order chi connectivity index (χ0) is 20.9. The number of nitrogens with one attached hydrogen (secondary N) is 1. The first-order valence-corrected chi connectivity index (χ1v) is 11.6. The van der Waals surface area contributed by atoms with Crippen LogP contribution in [0.15, 0.2) is 47.4 Å². The molecule has 0 saturated heterocycles. The molecule has 1 heterocycles. The highest BCUT2D eigenvalue weighted by atomic mass is 32.2. The molecule has 3 rings (SSSR count). The summed E-state index contributed by atoms with van der Waals surface area (Å²) in [6.45, 7) is 4.99. The van der Waals surface area contributed by atoms with Gasteiger partial charge >= 0.3 is 0 Å². The van der Waals surface area contributed by atoms with Gasteiger partial charge < -0.3 is 9.64 Å². The summed E-state index contributed by atoms with van der Waals surface area (Å²) in [6, 6.07) is 12.8. The van der Waals surface area contributed by atoms with Crippen molar-refractivity contribution in [2.24, 2.45) is 0 Å². The quantitative estimate of drug-likeness (QED) is 0.637. The molecule has 6 nitrogen and oxygen atoms in total. The second kappa shape index (κ2) is 9.41. The molecule has 29 heavy (non-hydrogen) atoms. The van der Waals surface area contributed by atoms with Gasteiger partial charge in [0, 0.05) is 25.2 Å². The fourth-order valence-electron chi connectivity index (χ4n) is 3.46. The number of sulfonamides is 1. The van der Waals surface area contributed by atoms with Crippen molar-refractivity contribution in [1.82, 2.24) is 4.72 Å². The predicted molar refractivity (Wildman–Crippen MR) is 114 cm³/mol. The molecule has 2 aromatic rings. The summed E-state index contributed by atoms with van der Waals surface area (Å²) in [7, 11) is -3.63. The van der Waals surface area contributed by atoms with Gasteiger partial charge in [-0.3, -0.25) is 4.79 Å². The van der Waals surface area contributed by atoms with Gasteiger partial charge in [-0.25, -0.2) is 13.1 Å². The van der Waals surface area contributed by atoms with Gasteiger partial charge in [0.05, 0.1) is 4.90 Å². The Morgan fingerprint density at radius 3 is 2.59 bits per heavy atom. The third-order valence-electron chi connectivity index (χ3n) is 4.99. The second-order valence-electron chi connectivity index (χ2n) is 7.08. The number of ether oxygens (including phenoxy) is 1. The average molecular weight is 417 g/mol. The SMILES string of the molecule is CCCc1ccc(OCCNS(=O)(=O)c2ccc3c(c2)CCN3C(=O)CC)cc1. The van der Waals surface area contributed by atoms with Gasteiger partial charge in [-0.05, 0) is 54.3 Å². The first-order valence-electron chi connectivity index (χ1n) is 10.1. The minimum Gasteiger partial charge on any atom is -0.492 e. The van der Waals surface area contributed by atoms with E-state index in [1.165, 1.54) is 5.56 Å². The van der Waals surface area contributed by atoms with Crippen molar-refractivity contribution < 1.29 is 17.9 Å². The number of fused-ring (bicyclic) bond motifs is 1. The largest absolute Gasteiger partial charge is 0.492 e. The third kappa shape index (κ3) is 5.16. The maximum absolute atomic E-state index is 12.6. The highest BCUT2D eigenvalue weighted by Crippen LogP contribution is 2.30. The monoisotopic (exact) mass is 416 g/mol. The lowest BCUT2D eigenvalue weighted by Crippen LogP contribution is -2.29. The lowest BCUT2D eigenvalue weighted by atomic mass is 10.1. The van der Waals surface area contributed by atoms with E-state index in [1.807, 2.05) is 31.2 Å². The van der Waals surface area contributed by atoms with Gasteiger partial charge in [-0.1, -0.05) is 32.4 Å². The number of anilines is 1. The molecule has 156 valence electrons. The molecule has 1 aliphatic rings. The number of aryl methyl sites for hydroxylation is 1. The number of nitrogens with zero attached hydrogens (tertiary/aromatic N) is 1. The Hall–Kier alpha value is -2.38. The molecule has 1 N–H and O–H groups in total. The van der Waals surface area contributed by atoms with Crippen molar-refractivity contribution >= 4 is 21.6 Å². The maximum atomic E-state index is 12.6. The number of hydrogen-bond acceptors (Lipinski definition) is 4. The Bertz CT molecular complexity index is 955.